The highest BCUT2D eigenvalue weighted by molar-refractivity contribution is 9.10. The van der Waals surface area contributed by atoms with E-state index < -0.39 is 15.9 Å². The number of carbonyl (C=O) groups is 1. The second-order valence-electron chi connectivity index (χ2n) is 4.74. The Kier molecular flexibility index (Phi) is 5.51. The quantitative estimate of drug-likeness (QED) is 0.600. The van der Waals surface area contributed by atoms with Crippen molar-refractivity contribution in [3.8, 4) is 6.07 Å². The van der Waals surface area contributed by atoms with E-state index in [0.717, 1.165) is 4.47 Å². The van der Waals surface area contributed by atoms with E-state index in [1.54, 1.807) is 24.3 Å². The average molecular weight is 406 g/mol. The lowest BCUT2D eigenvalue weighted by atomic mass is 10.1. The van der Waals surface area contributed by atoms with E-state index in [4.69, 9.17) is 10.4 Å². The number of amides is 1. The molecule has 0 aliphatic rings. The monoisotopic (exact) mass is 405 g/mol. The molecule has 2 rings (SSSR count). The van der Waals surface area contributed by atoms with Gasteiger partial charge >= 0.3 is 0 Å². The first-order valence-corrected chi connectivity index (χ1v) is 8.95. The number of primary sulfonamides is 1. The first-order chi connectivity index (χ1) is 11.3. The fraction of sp³-hybridized carbons (Fsp3) is 0. The van der Waals surface area contributed by atoms with E-state index in [9.17, 15) is 13.2 Å². The predicted octanol–water partition coefficient (Wildman–Crippen LogP) is 2.64. The average Bonchev–Trinajstić information content (AvgIpc) is 2.54. The highest BCUT2D eigenvalue weighted by Crippen LogP contribution is 2.16. The molecule has 1 amide bonds. The third kappa shape index (κ3) is 4.76. The van der Waals surface area contributed by atoms with E-state index in [0.29, 0.717) is 11.3 Å². The third-order valence-corrected chi connectivity index (χ3v) is 4.44. The van der Waals surface area contributed by atoms with Crippen molar-refractivity contribution >= 4 is 43.6 Å². The summed E-state index contributed by atoms with van der Waals surface area (Å²) in [4.78, 5) is 12.1. The number of benzene rings is 2. The van der Waals surface area contributed by atoms with Crippen LogP contribution < -0.4 is 10.5 Å². The van der Waals surface area contributed by atoms with Gasteiger partial charge in [0, 0.05) is 10.2 Å². The molecule has 6 nitrogen and oxygen atoms in total. The van der Waals surface area contributed by atoms with Crippen LogP contribution in [0.15, 0.2) is 63.5 Å². The molecule has 122 valence electrons. The number of halogens is 1. The number of carbonyl (C=O) groups excluding carboxylic acids is 1. The van der Waals surface area contributed by atoms with Crippen LogP contribution in [0.4, 0.5) is 5.69 Å². The minimum absolute atomic E-state index is 0.0635. The Hall–Kier alpha value is -2.47. The van der Waals surface area contributed by atoms with Crippen LogP contribution in [-0.2, 0) is 14.8 Å². The van der Waals surface area contributed by atoms with E-state index in [1.807, 2.05) is 6.07 Å². The van der Waals surface area contributed by atoms with Gasteiger partial charge < -0.3 is 5.32 Å². The van der Waals surface area contributed by atoms with Crippen molar-refractivity contribution in [3.63, 3.8) is 0 Å². The Morgan fingerprint density at radius 3 is 2.21 bits per heavy atom. The molecule has 0 atom stereocenters. The number of nitrogens with two attached hydrogens (primary N) is 1. The molecule has 2 aromatic carbocycles. The van der Waals surface area contributed by atoms with Gasteiger partial charge in [0.25, 0.3) is 5.91 Å². The van der Waals surface area contributed by atoms with Crippen molar-refractivity contribution < 1.29 is 13.2 Å². The zero-order valence-corrected chi connectivity index (χ0v) is 14.6. The second-order valence-corrected chi connectivity index (χ2v) is 7.22. The fourth-order valence-corrected chi connectivity index (χ4v) is 2.58. The molecule has 0 saturated heterocycles. The summed E-state index contributed by atoms with van der Waals surface area (Å²) in [7, 11) is -3.79. The summed E-state index contributed by atoms with van der Waals surface area (Å²) in [5.41, 5.74) is 0.978. The molecule has 0 bridgehead atoms. The molecule has 0 spiro atoms. The molecule has 24 heavy (non-hydrogen) atoms. The van der Waals surface area contributed by atoms with Gasteiger partial charge in [-0.2, -0.15) is 5.26 Å². The van der Waals surface area contributed by atoms with Gasteiger partial charge in [-0.1, -0.05) is 28.1 Å². The van der Waals surface area contributed by atoms with E-state index in [2.05, 4.69) is 21.2 Å². The van der Waals surface area contributed by atoms with Crippen LogP contribution in [0.25, 0.3) is 6.08 Å². The summed E-state index contributed by atoms with van der Waals surface area (Å²) in [6.45, 7) is 0. The fourth-order valence-electron chi connectivity index (χ4n) is 1.80. The highest BCUT2D eigenvalue weighted by atomic mass is 79.9. The summed E-state index contributed by atoms with van der Waals surface area (Å²) in [6, 6.07) is 14.3. The molecule has 0 fully saturated rings. The number of hydrogen-bond acceptors (Lipinski definition) is 4. The largest absolute Gasteiger partial charge is 0.321 e. The van der Waals surface area contributed by atoms with E-state index in [-0.39, 0.29) is 10.5 Å². The molecule has 8 heteroatoms. The van der Waals surface area contributed by atoms with Crippen molar-refractivity contribution in [2.45, 2.75) is 4.90 Å². The molecule has 0 heterocycles. The maximum atomic E-state index is 12.1. The van der Waals surface area contributed by atoms with Crippen LogP contribution >= 0.6 is 15.9 Å². The number of nitrogens with one attached hydrogen (secondary N) is 1. The van der Waals surface area contributed by atoms with Gasteiger partial charge in [-0.15, -0.1) is 0 Å². The van der Waals surface area contributed by atoms with Crippen LogP contribution in [0.2, 0.25) is 0 Å². The molecule has 0 aliphatic heterocycles. The van der Waals surface area contributed by atoms with Crippen LogP contribution in [0, 0.1) is 11.3 Å². The van der Waals surface area contributed by atoms with E-state index >= 15 is 0 Å². The number of nitrogens with zero attached hydrogens (tertiary/aromatic N) is 1. The van der Waals surface area contributed by atoms with Crippen LogP contribution in [0.1, 0.15) is 5.56 Å². The third-order valence-electron chi connectivity index (χ3n) is 2.99. The highest BCUT2D eigenvalue weighted by Gasteiger charge is 2.11. The molecule has 0 aromatic heterocycles. The Morgan fingerprint density at radius 2 is 1.71 bits per heavy atom. The number of anilines is 1. The van der Waals surface area contributed by atoms with Crippen LogP contribution in [0.3, 0.4) is 0 Å². The van der Waals surface area contributed by atoms with Crippen molar-refractivity contribution in [3.05, 3.63) is 64.1 Å². The predicted molar refractivity (Wildman–Crippen MR) is 94.2 cm³/mol. The van der Waals surface area contributed by atoms with Crippen molar-refractivity contribution in [2.75, 3.05) is 5.32 Å². The van der Waals surface area contributed by atoms with Gasteiger partial charge in [0.1, 0.15) is 11.6 Å². The van der Waals surface area contributed by atoms with Gasteiger partial charge in [-0.05, 0) is 48.0 Å². The van der Waals surface area contributed by atoms with Gasteiger partial charge in [-0.3, -0.25) is 4.79 Å². The minimum Gasteiger partial charge on any atom is -0.321 e. The normalized spacial score (nSPS) is 11.6. The summed E-state index contributed by atoms with van der Waals surface area (Å²) in [5, 5.41) is 16.7. The lowest BCUT2D eigenvalue weighted by Gasteiger charge is -2.05. The number of nitriles is 1. The Morgan fingerprint density at radius 1 is 1.12 bits per heavy atom. The summed E-state index contributed by atoms with van der Waals surface area (Å²) >= 11 is 3.30. The van der Waals surface area contributed by atoms with Gasteiger partial charge in [0.2, 0.25) is 10.0 Å². The maximum absolute atomic E-state index is 12.1. The lowest BCUT2D eigenvalue weighted by Crippen LogP contribution is -2.14. The molecule has 2 aromatic rings. The summed E-state index contributed by atoms with van der Waals surface area (Å²) in [5.74, 6) is -0.594. The van der Waals surface area contributed by atoms with Gasteiger partial charge in [-0.25, -0.2) is 13.6 Å². The molecule has 0 saturated carbocycles. The van der Waals surface area contributed by atoms with Crippen LogP contribution in [0.5, 0.6) is 0 Å². The van der Waals surface area contributed by atoms with E-state index in [1.165, 1.54) is 30.3 Å². The van der Waals surface area contributed by atoms with Crippen molar-refractivity contribution in [2.24, 2.45) is 5.14 Å². The molecule has 0 aliphatic carbocycles. The topological polar surface area (TPSA) is 113 Å². The Balaban J connectivity index is 2.18. The first-order valence-electron chi connectivity index (χ1n) is 6.61. The number of sulfonamides is 1. The number of hydrogen-bond donors (Lipinski definition) is 2. The lowest BCUT2D eigenvalue weighted by molar-refractivity contribution is -0.112. The van der Waals surface area contributed by atoms with Crippen molar-refractivity contribution in [1.82, 2.24) is 0 Å². The summed E-state index contributed by atoms with van der Waals surface area (Å²) < 4.78 is 23.3. The zero-order chi connectivity index (χ0) is 17.7. The standard InChI is InChI=1S/C16H12BrN3O3S/c17-13-3-1-11(2-4-13)9-12(10-18)16(21)20-14-5-7-15(8-6-14)24(19,22)23/h1-9H,(H,20,21)(H2,19,22,23)/b12-9+. The number of rotatable bonds is 4. The van der Waals surface area contributed by atoms with Crippen molar-refractivity contribution in [1.29, 1.82) is 5.26 Å². The zero-order valence-electron chi connectivity index (χ0n) is 12.2. The first kappa shape index (κ1) is 17.9. The summed E-state index contributed by atoms with van der Waals surface area (Å²) in [6.07, 6.45) is 1.46. The minimum atomic E-state index is -3.79. The molecular weight excluding hydrogens is 394 g/mol. The van der Waals surface area contributed by atoms with Gasteiger partial charge in [0.15, 0.2) is 0 Å². The maximum Gasteiger partial charge on any atom is 0.266 e. The van der Waals surface area contributed by atoms with Crippen LogP contribution in [-0.4, -0.2) is 14.3 Å². The SMILES string of the molecule is N#C/C(=C\c1ccc(Br)cc1)C(=O)Nc1ccc(S(N)(=O)=O)cc1. The molecule has 0 unspecified atom stereocenters. The molecule has 3 N–H and O–H groups in total. The molecule has 0 radical (unpaired) electrons. The van der Waals surface area contributed by atoms with Gasteiger partial charge in [0.05, 0.1) is 4.90 Å². The second kappa shape index (κ2) is 7.40. The Bertz CT molecular complexity index is 928. The molecular formula is C16H12BrN3O3S. The smallest absolute Gasteiger partial charge is 0.266 e. The Labute approximate surface area is 147 Å².